The van der Waals surface area contributed by atoms with Crippen LogP contribution in [0.3, 0.4) is 0 Å². The molecule has 1 amide bonds. The smallest absolute Gasteiger partial charge is 0.328 e. The van der Waals surface area contributed by atoms with Crippen LogP contribution in [0.2, 0.25) is 5.02 Å². The van der Waals surface area contributed by atoms with Crippen molar-refractivity contribution in [2.75, 3.05) is 25.5 Å². The van der Waals surface area contributed by atoms with Crippen molar-refractivity contribution in [2.24, 2.45) is 0 Å². The first-order valence-corrected chi connectivity index (χ1v) is 9.37. The van der Waals surface area contributed by atoms with Crippen LogP contribution >= 0.6 is 23.4 Å². The predicted octanol–water partition coefficient (Wildman–Crippen LogP) is 2.24. The molecule has 1 unspecified atom stereocenters. The van der Waals surface area contributed by atoms with Gasteiger partial charge in [0.2, 0.25) is 5.91 Å². The molecular formula is C17H18ClN3O4S. The molecule has 2 heterocycles. The Morgan fingerprint density at radius 1 is 1.46 bits per heavy atom. The van der Waals surface area contributed by atoms with E-state index in [0.717, 1.165) is 11.3 Å². The molecule has 7 nitrogen and oxygen atoms in total. The predicted molar refractivity (Wildman–Crippen MR) is 98.0 cm³/mol. The van der Waals surface area contributed by atoms with Crippen LogP contribution in [-0.2, 0) is 14.3 Å². The number of ether oxygens (including phenoxy) is 1. The van der Waals surface area contributed by atoms with E-state index in [1.807, 2.05) is 29.7 Å². The topological polar surface area (TPSA) is 84.7 Å². The van der Waals surface area contributed by atoms with Crippen LogP contribution < -0.4 is 0 Å². The molecule has 1 aromatic carbocycles. The van der Waals surface area contributed by atoms with Crippen molar-refractivity contribution in [1.82, 2.24) is 14.5 Å². The van der Waals surface area contributed by atoms with E-state index in [9.17, 15) is 14.7 Å². The number of nitrogens with zero attached hydrogens (tertiary/aromatic N) is 3. The van der Waals surface area contributed by atoms with Crippen molar-refractivity contribution in [1.29, 1.82) is 0 Å². The second kappa shape index (κ2) is 8.11. The van der Waals surface area contributed by atoms with E-state index in [4.69, 9.17) is 16.3 Å². The SMILES string of the molecule is Cc1c(Cl)cccc1-n1ccnc1SCC(=O)N1CCOCC1C(=O)O. The van der Waals surface area contributed by atoms with Gasteiger partial charge in [0, 0.05) is 24.0 Å². The zero-order valence-electron chi connectivity index (χ0n) is 14.1. The minimum absolute atomic E-state index is 0.0159. The Hall–Kier alpha value is -2.03. The van der Waals surface area contributed by atoms with E-state index >= 15 is 0 Å². The Morgan fingerprint density at radius 3 is 3.04 bits per heavy atom. The molecule has 1 aliphatic rings. The van der Waals surface area contributed by atoms with Crippen LogP contribution in [0.4, 0.5) is 0 Å². The number of rotatable bonds is 5. The molecular weight excluding hydrogens is 378 g/mol. The van der Waals surface area contributed by atoms with Crippen molar-refractivity contribution >= 4 is 35.2 Å². The lowest BCUT2D eigenvalue weighted by atomic mass is 10.2. The number of carbonyl (C=O) groups excluding carboxylic acids is 1. The number of imidazole rings is 1. The molecule has 1 atom stereocenters. The first-order valence-electron chi connectivity index (χ1n) is 8.00. The highest BCUT2D eigenvalue weighted by Gasteiger charge is 2.32. The van der Waals surface area contributed by atoms with E-state index in [0.29, 0.717) is 16.8 Å². The number of aliphatic carboxylic acids is 1. The van der Waals surface area contributed by atoms with Gasteiger partial charge < -0.3 is 14.7 Å². The summed E-state index contributed by atoms with van der Waals surface area (Å²) in [5.41, 5.74) is 1.80. The zero-order valence-corrected chi connectivity index (χ0v) is 15.7. The van der Waals surface area contributed by atoms with Crippen molar-refractivity contribution in [3.8, 4) is 5.69 Å². The van der Waals surface area contributed by atoms with Crippen LogP contribution in [0.1, 0.15) is 5.56 Å². The average molecular weight is 396 g/mol. The number of carboxylic acids is 1. The minimum atomic E-state index is -1.06. The van der Waals surface area contributed by atoms with Crippen LogP contribution in [-0.4, -0.2) is 63.0 Å². The molecule has 0 radical (unpaired) electrons. The maximum absolute atomic E-state index is 12.5. The standard InChI is InChI=1S/C17H18ClN3O4S/c1-11-12(18)3-2-4-13(11)21-6-5-19-17(21)26-10-15(22)20-7-8-25-9-14(20)16(23)24/h2-6,14H,7-10H2,1H3,(H,23,24). The third kappa shape index (κ3) is 3.87. The summed E-state index contributed by atoms with van der Waals surface area (Å²) >= 11 is 7.45. The number of benzene rings is 1. The highest BCUT2D eigenvalue weighted by atomic mass is 35.5. The van der Waals surface area contributed by atoms with Gasteiger partial charge in [0.05, 0.1) is 24.7 Å². The Balaban J connectivity index is 1.73. The van der Waals surface area contributed by atoms with Gasteiger partial charge >= 0.3 is 5.97 Å². The molecule has 26 heavy (non-hydrogen) atoms. The van der Waals surface area contributed by atoms with Gasteiger partial charge in [-0.3, -0.25) is 9.36 Å². The van der Waals surface area contributed by atoms with E-state index in [2.05, 4.69) is 4.98 Å². The fourth-order valence-electron chi connectivity index (χ4n) is 2.75. The third-order valence-electron chi connectivity index (χ3n) is 4.16. The lowest BCUT2D eigenvalue weighted by Crippen LogP contribution is -2.53. The minimum Gasteiger partial charge on any atom is -0.480 e. The number of morpholine rings is 1. The molecule has 3 rings (SSSR count). The molecule has 2 aromatic rings. The normalized spacial score (nSPS) is 17.3. The highest BCUT2D eigenvalue weighted by Crippen LogP contribution is 2.27. The number of halogens is 1. The molecule has 0 bridgehead atoms. The van der Waals surface area contributed by atoms with Gasteiger partial charge in [-0.05, 0) is 24.6 Å². The fourth-order valence-corrected chi connectivity index (χ4v) is 3.77. The Bertz CT molecular complexity index is 826. The van der Waals surface area contributed by atoms with Gasteiger partial charge in [-0.1, -0.05) is 29.4 Å². The van der Waals surface area contributed by atoms with Crippen LogP contribution in [0.15, 0.2) is 35.7 Å². The Kier molecular flexibility index (Phi) is 5.85. The molecule has 1 aliphatic heterocycles. The van der Waals surface area contributed by atoms with Crippen molar-refractivity contribution < 1.29 is 19.4 Å². The first-order chi connectivity index (χ1) is 12.5. The monoisotopic (exact) mass is 395 g/mol. The number of amides is 1. The van der Waals surface area contributed by atoms with E-state index in [-0.39, 0.29) is 24.8 Å². The van der Waals surface area contributed by atoms with Gasteiger partial charge in [-0.25, -0.2) is 9.78 Å². The lowest BCUT2D eigenvalue weighted by Gasteiger charge is -2.32. The summed E-state index contributed by atoms with van der Waals surface area (Å²) in [4.78, 5) is 29.5. The maximum atomic E-state index is 12.5. The molecule has 9 heteroatoms. The highest BCUT2D eigenvalue weighted by molar-refractivity contribution is 7.99. The maximum Gasteiger partial charge on any atom is 0.328 e. The summed E-state index contributed by atoms with van der Waals surface area (Å²) in [5.74, 6) is -1.21. The van der Waals surface area contributed by atoms with Gasteiger partial charge in [-0.15, -0.1) is 0 Å². The second-order valence-electron chi connectivity index (χ2n) is 5.77. The van der Waals surface area contributed by atoms with E-state index < -0.39 is 12.0 Å². The lowest BCUT2D eigenvalue weighted by molar-refractivity contribution is -0.157. The summed E-state index contributed by atoms with van der Waals surface area (Å²) in [6.07, 6.45) is 3.46. The summed E-state index contributed by atoms with van der Waals surface area (Å²) < 4.78 is 7.03. The van der Waals surface area contributed by atoms with Gasteiger partial charge in [0.1, 0.15) is 0 Å². The van der Waals surface area contributed by atoms with Crippen molar-refractivity contribution in [3.05, 3.63) is 41.2 Å². The van der Waals surface area contributed by atoms with Crippen molar-refractivity contribution in [2.45, 2.75) is 18.1 Å². The Labute approximate surface area is 159 Å². The average Bonchev–Trinajstić information content (AvgIpc) is 3.10. The summed E-state index contributed by atoms with van der Waals surface area (Å²) in [5, 5.41) is 10.5. The van der Waals surface area contributed by atoms with Crippen LogP contribution in [0.25, 0.3) is 5.69 Å². The number of hydrogen-bond donors (Lipinski definition) is 1. The zero-order chi connectivity index (χ0) is 18.7. The van der Waals surface area contributed by atoms with Gasteiger partial charge in [0.15, 0.2) is 11.2 Å². The molecule has 0 spiro atoms. The number of carbonyl (C=O) groups is 2. The number of carboxylic acid groups (broad SMARTS) is 1. The van der Waals surface area contributed by atoms with Crippen LogP contribution in [0.5, 0.6) is 0 Å². The van der Waals surface area contributed by atoms with E-state index in [1.165, 1.54) is 16.7 Å². The summed E-state index contributed by atoms with van der Waals surface area (Å²) in [6.45, 7) is 2.55. The largest absolute Gasteiger partial charge is 0.480 e. The molecule has 1 aromatic heterocycles. The summed E-state index contributed by atoms with van der Waals surface area (Å²) in [7, 11) is 0. The third-order valence-corrected chi connectivity index (χ3v) is 5.53. The second-order valence-corrected chi connectivity index (χ2v) is 7.12. The van der Waals surface area contributed by atoms with Gasteiger partial charge in [0.25, 0.3) is 0 Å². The molecule has 1 saturated heterocycles. The molecule has 0 saturated carbocycles. The number of hydrogen-bond acceptors (Lipinski definition) is 5. The number of aromatic nitrogens is 2. The van der Waals surface area contributed by atoms with Crippen LogP contribution in [0, 0.1) is 6.92 Å². The quantitative estimate of drug-likeness (QED) is 0.781. The first kappa shape index (κ1) is 18.8. The number of thioether (sulfide) groups is 1. The summed E-state index contributed by atoms with van der Waals surface area (Å²) in [6, 6.07) is 4.66. The fraction of sp³-hybridized carbons (Fsp3) is 0.353. The molecule has 0 aliphatic carbocycles. The molecule has 138 valence electrons. The Morgan fingerprint density at radius 2 is 2.27 bits per heavy atom. The van der Waals surface area contributed by atoms with Crippen molar-refractivity contribution in [3.63, 3.8) is 0 Å². The molecule has 1 N–H and O–H groups in total. The molecule has 1 fully saturated rings. The van der Waals surface area contributed by atoms with Gasteiger partial charge in [-0.2, -0.15) is 0 Å². The van der Waals surface area contributed by atoms with E-state index in [1.54, 1.807) is 12.4 Å².